The van der Waals surface area contributed by atoms with Gasteiger partial charge in [-0.25, -0.2) is 0 Å². The van der Waals surface area contributed by atoms with E-state index in [0.29, 0.717) is 17.2 Å². The Labute approximate surface area is 110 Å². The van der Waals surface area contributed by atoms with Crippen LogP contribution in [0.25, 0.3) is 10.9 Å². The summed E-state index contributed by atoms with van der Waals surface area (Å²) in [6.45, 7) is 2.73. The number of fused-ring (bicyclic) bond motifs is 1. The number of aromatic nitrogens is 1. The van der Waals surface area contributed by atoms with E-state index >= 15 is 0 Å². The second kappa shape index (κ2) is 4.41. The van der Waals surface area contributed by atoms with Gasteiger partial charge in [0.25, 0.3) is 0 Å². The minimum absolute atomic E-state index is 0.0635. The van der Waals surface area contributed by atoms with E-state index in [-0.39, 0.29) is 17.8 Å². The molecule has 1 aromatic heterocycles. The highest BCUT2D eigenvalue weighted by Gasteiger charge is 2.32. The van der Waals surface area contributed by atoms with Crippen molar-refractivity contribution in [3.8, 4) is 0 Å². The number of halogens is 1. The lowest BCUT2D eigenvalue weighted by Crippen LogP contribution is -2.24. The van der Waals surface area contributed by atoms with Crippen LogP contribution in [0.15, 0.2) is 24.4 Å². The smallest absolute Gasteiger partial charge is 0.193 e. The minimum atomic E-state index is -0.306. The van der Waals surface area contributed by atoms with Crippen LogP contribution in [0.1, 0.15) is 23.7 Å². The highest BCUT2D eigenvalue weighted by molar-refractivity contribution is 6.31. The maximum Gasteiger partial charge on any atom is 0.193 e. The molecule has 0 amide bonds. The average Bonchev–Trinajstić information content (AvgIpc) is 2.94. The molecule has 94 valence electrons. The molecule has 1 aromatic carbocycles. The first kappa shape index (κ1) is 11.8. The summed E-state index contributed by atoms with van der Waals surface area (Å²) in [7, 11) is 0. The number of carbonyl (C=O) groups is 1. The predicted octanol–water partition coefficient (Wildman–Crippen LogP) is 3.43. The lowest BCUT2D eigenvalue weighted by atomic mass is 9.96. The molecule has 3 rings (SSSR count). The summed E-state index contributed by atoms with van der Waals surface area (Å²) >= 11 is 5.93. The van der Waals surface area contributed by atoms with Gasteiger partial charge in [-0.2, -0.15) is 0 Å². The largest absolute Gasteiger partial charge is 0.370 e. The molecule has 0 bridgehead atoms. The molecule has 1 aliphatic rings. The number of ether oxygens (including phenoxy) is 1. The van der Waals surface area contributed by atoms with E-state index in [1.54, 1.807) is 12.3 Å². The topological polar surface area (TPSA) is 42.1 Å². The fourth-order valence-corrected chi connectivity index (χ4v) is 2.66. The number of rotatable bonds is 2. The zero-order valence-corrected chi connectivity index (χ0v) is 10.8. The third-order valence-corrected chi connectivity index (χ3v) is 3.79. The zero-order valence-electron chi connectivity index (χ0n) is 10.1. The lowest BCUT2D eigenvalue weighted by molar-refractivity contribution is 0.0581. The van der Waals surface area contributed by atoms with E-state index in [2.05, 4.69) is 11.9 Å². The van der Waals surface area contributed by atoms with Crippen LogP contribution in [0.5, 0.6) is 0 Å². The van der Waals surface area contributed by atoms with E-state index in [0.717, 1.165) is 17.3 Å². The Bertz CT molecular complexity index is 605. The first-order valence-corrected chi connectivity index (χ1v) is 6.47. The third kappa shape index (κ3) is 1.84. The quantitative estimate of drug-likeness (QED) is 0.844. The maximum absolute atomic E-state index is 12.4. The SMILES string of the molecule is CC1CCOC1C(=O)c1c[nH]c2cc(Cl)ccc12. The van der Waals surface area contributed by atoms with Gasteiger partial charge in [-0.15, -0.1) is 0 Å². The van der Waals surface area contributed by atoms with Crippen molar-refractivity contribution in [1.29, 1.82) is 0 Å². The summed E-state index contributed by atoms with van der Waals surface area (Å²) in [4.78, 5) is 15.5. The number of ketones is 1. The zero-order chi connectivity index (χ0) is 12.7. The monoisotopic (exact) mass is 263 g/mol. The molecule has 1 aliphatic heterocycles. The van der Waals surface area contributed by atoms with Crippen LogP contribution in [0.2, 0.25) is 5.02 Å². The molecule has 1 N–H and O–H groups in total. The Hall–Kier alpha value is -1.32. The first-order valence-electron chi connectivity index (χ1n) is 6.09. The Balaban J connectivity index is 2.01. The molecule has 3 nitrogen and oxygen atoms in total. The summed E-state index contributed by atoms with van der Waals surface area (Å²) in [5.74, 6) is 0.350. The molecule has 0 aliphatic carbocycles. The van der Waals surface area contributed by atoms with Gasteiger partial charge in [-0.1, -0.05) is 24.6 Å². The van der Waals surface area contributed by atoms with Gasteiger partial charge in [0.1, 0.15) is 6.10 Å². The summed E-state index contributed by atoms with van der Waals surface area (Å²) in [5.41, 5.74) is 1.58. The van der Waals surface area contributed by atoms with Crippen molar-refractivity contribution in [3.63, 3.8) is 0 Å². The van der Waals surface area contributed by atoms with Gasteiger partial charge >= 0.3 is 0 Å². The fourth-order valence-electron chi connectivity index (χ4n) is 2.49. The molecule has 0 radical (unpaired) electrons. The highest BCUT2D eigenvalue weighted by atomic mass is 35.5. The van der Waals surface area contributed by atoms with Gasteiger partial charge in [-0.05, 0) is 24.5 Å². The molecule has 18 heavy (non-hydrogen) atoms. The van der Waals surface area contributed by atoms with Gasteiger partial charge in [0.05, 0.1) is 0 Å². The number of nitrogens with one attached hydrogen (secondary N) is 1. The normalized spacial score (nSPS) is 23.7. The lowest BCUT2D eigenvalue weighted by Gasteiger charge is -2.12. The van der Waals surface area contributed by atoms with Crippen molar-refractivity contribution >= 4 is 28.3 Å². The van der Waals surface area contributed by atoms with Crippen LogP contribution in [-0.4, -0.2) is 23.5 Å². The highest BCUT2D eigenvalue weighted by Crippen LogP contribution is 2.28. The predicted molar refractivity (Wildman–Crippen MR) is 71.2 cm³/mol. The van der Waals surface area contributed by atoms with Crippen LogP contribution < -0.4 is 0 Å². The van der Waals surface area contributed by atoms with Crippen LogP contribution in [0.3, 0.4) is 0 Å². The summed E-state index contributed by atoms with van der Waals surface area (Å²) < 4.78 is 5.53. The standard InChI is InChI=1S/C14H14ClNO2/c1-8-4-5-18-14(8)13(17)11-7-16-12-6-9(15)2-3-10(11)12/h2-3,6-8,14,16H,4-5H2,1H3. The van der Waals surface area contributed by atoms with Gasteiger partial charge < -0.3 is 9.72 Å². The molecule has 2 aromatic rings. The second-order valence-corrected chi connectivity index (χ2v) is 5.25. The van der Waals surface area contributed by atoms with Gasteiger partial charge in [0.2, 0.25) is 0 Å². The average molecular weight is 264 g/mol. The van der Waals surface area contributed by atoms with Crippen molar-refractivity contribution in [2.45, 2.75) is 19.4 Å². The minimum Gasteiger partial charge on any atom is -0.370 e. The maximum atomic E-state index is 12.4. The molecule has 2 atom stereocenters. The molecular weight excluding hydrogens is 250 g/mol. The first-order chi connectivity index (χ1) is 8.66. The van der Waals surface area contributed by atoms with Crippen molar-refractivity contribution in [1.82, 2.24) is 4.98 Å². The van der Waals surface area contributed by atoms with E-state index in [1.807, 2.05) is 12.1 Å². The van der Waals surface area contributed by atoms with Crippen LogP contribution in [0, 0.1) is 5.92 Å². The van der Waals surface area contributed by atoms with Gasteiger partial charge in [0, 0.05) is 34.3 Å². The van der Waals surface area contributed by atoms with Crippen molar-refractivity contribution in [2.75, 3.05) is 6.61 Å². The van der Waals surface area contributed by atoms with E-state index in [4.69, 9.17) is 16.3 Å². The molecular formula is C14H14ClNO2. The third-order valence-electron chi connectivity index (χ3n) is 3.56. The fraction of sp³-hybridized carbons (Fsp3) is 0.357. The number of aromatic amines is 1. The van der Waals surface area contributed by atoms with Crippen molar-refractivity contribution < 1.29 is 9.53 Å². The Kier molecular flexibility index (Phi) is 2.88. The number of benzene rings is 1. The molecule has 2 heterocycles. The van der Waals surface area contributed by atoms with E-state index in [9.17, 15) is 4.79 Å². The van der Waals surface area contributed by atoms with Crippen LogP contribution in [0.4, 0.5) is 0 Å². The van der Waals surface area contributed by atoms with Crippen LogP contribution >= 0.6 is 11.6 Å². The van der Waals surface area contributed by atoms with Gasteiger partial charge in [-0.3, -0.25) is 4.79 Å². The van der Waals surface area contributed by atoms with Gasteiger partial charge in [0.15, 0.2) is 5.78 Å². The van der Waals surface area contributed by atoms with Crippen molar-refractivity contribution in [3.05, 3.63) is 35.0 Å². The number of Topliss-reactive ketones (excluding diaryl/α,β-unsaturated/α-hetero) is 1. The molecule has 0 spiro atoms. The second-order valence-electron chi connectivity index (χ2n) is 4.81. The number of hydrogen-bond acceptors (Lipinski definition) is 2. The van der Waals surface area contributed by atoms with E-state index < -0.39 is 0 Å². The van der Waals surface area contributed by atoms with Crippen molar-refractivity contribution in [2.24, 2.45) is 5.92 Å². The van der Waals surface area contributed by atoms with Crippen LogP contribution in [-0.2, 0) is 4.74 Å². The molecule has 1 saturated heterocycles. The number of hydrogen-bond donors (Lipinski definition) is 1. The number of H-pyrrole nitrogens is 1. The molecule has 2 unspecified atom stereocenters. The summed E-state index contributed by atoms with van der Waals surface area (Å²) in [5, 5.41) is 1.57. The number of carbonyl (C=O) groups excluding carboxylic acids is 1. The van der Waals surface area contributed by atoms with E-state index in [1.165, 1.54) is 0 Å². The Morgan fingerprint density at radius 1 is 1.50 bits per heavy atom. The summed E-state index contributed by atoms with van der Waals surface area (Å²) in [6.07, 6.45) is 2.39. The molecule has 1 fully saturated rings. The molecule has 0 saturated carbocycles. The molecule has 4 heteroatoms. The Morgan fingerprint density at radius 2 is 2.33 bits per heavy atom. The Morgan fingerprint density at radius 3 is 3.06 bits per heavy atom. The summed E-state index contributed by atoms with van der Waals surface area (Å²) in [6, 6.07) is 5.50.